The molecular formula is C12H16N2O. The number of nitrogens with zero attached hydrogens (tertiary/aromatic N) is 2. The normalized spacial score (nSPS) is 17.0. The van der Waals surface area contributed by atoms with Crippen LogP contribution in [0.5, 0.6) is 0 Å². The smallest absolute Gasteiger partial charge is 0.243 e. The lowest BCUT2D eigenvalue weighted by atomic mass is 9.69. The van der Waals surface area contributed by atoms with E-state index in [-0.39, 0.29) is 5.91 Å². The highest BCUT2D eigenvalue weighted by atomic mass is 16.2. The van der Waals surface area contributed by atoms with Gasteiger partial charge in [0.2, 0.25) is 5.91 Å². The van der Waals surface area contributed by atoms with Crippen molar-refractivity contribution in [3.8, 4) is 6.07 Å². The Morgan fingerprint density at radius 2 is 1.93 bits per heavy atom. The molecule has 1 aliphatic rings. The topological polar surface area (TPSA) is 44.1 Å². The van der Waals surface area contributed by atoms with Crippen molar-refractivity contribution in [3.63, 3.8) is 0 Å². The molecule has 1 fully saturated rings. The van der Waals surface area contributed by atoms with Crippen molar-refractivity contribution in [2.75, 3.05) is 13.1 Å². The van der Waals surface area contributed by atoms with E-state index in [9.17, 15) is 4.79 Å². The molecule has 0 aromatic rings. The largest absolute Gasteiger partial charge is 0.334 e. The van der Waals surface area contributed by atoms with E-state index in [1.54, 1.807) is 17.1 Å². The van der Waals surface area contributed by atoms with Gasteiger partial charge < -0.3 is 4.90 Å². The molecule has 0 saturated heterocycles. The predicted octanol–water partition coefficient (Wildman–Crippen LogP) is 1.88. The van der Waals surface area contributed by atoms with Gasteiger partial charge in [0.15, 0.2) is 0 Å². The van der Waals surface area contributed by atoms with Crippen molar-refractivity contribution < 1.29 is 4.79 Å². The molecule has 1 aliphatic carbocycles. The molecule has 0 spiro atoms. The first-order valence-corrected chi connectivity index (χ1v) is 5.12. The summed E-state index contributed by atoms with van der Waals surface area (Å²) in [7, 11) is 0. The summed E-state index contributed by atoms with van der Waals surface area (Å²) in [6, 6.07) is 2.15. The van der Waals surface area contributed by atoms with Gasteiger partial charge in [0.25, 0.3) is 0 Å². The van der Waals surface area contributed by atoms with E-state index in [1.807, 2.05) is 0 Å². The first-order valence-electron chi connectivity index (χ1n) is 5.12. The van der Waals surface area contributed by atoms with Crippen LogP contribution in [0.1, 0.15) is 19.3 Å². The Morgan fingerprint density at radius 1 is 1.40 bits per heavy atom. The highest BCUT2D eigenvalue weighted by Crippen LogP contribution is 2.41. The van der Waals surface area contributed by atoms with Crippen molar-refractivity contribution in [2.24, 2.45) is 5.41 Å². The molecule has 0 atom stereocenters. The van der Waals surface area contributed by atoms with Crippen LogP contribution in [0, 0.1) is 16.7 Å². The predicted molar refractivity (Wildman–Crippen MR) is 58.9 cm³/mol. The Balaban J connectivity index is 2.74. The molecule has 0 aliphatic heterocycles. The van der Waals surface area contributed by atoms with Crippen LogP contribution < -0.4 is 0 Å². The van der Waals surface area contributed by atoms with Gasteiger partial charge in [-0.15, -0.1) is 13.2 Å². The summed E-state index contributed by atoms with van der Waals surface area (Å²) in [4.78, 5) is 13.7. The number of hydrogen-bond donors (Lipinski definition) is 0. The second-order valence-corrected chi connectivity index (χ2v) is 3.83. The maximum absolute atomic E-state index is 12.1. The van der Waals surface area contributed by atoms with Crippen LogP contribution in [0.15, 0.2) is 25.3 Å². The molecule has 0 heterocycles. The molecule has 15 heavy (non-hydrogen) atoms. The monoisotopic (exact) mass is 204 g/mol. The minimum Gasteiger partial charge on any atom is -0.334 e. The highest BCUT2D eigenvalue weighted by molar-refractivity contribution is 5.86. The fourth-order valence-electron chi connectivity index (χ4n) is 1.76. The summed E-state index contributed by atoms with van der Waals surface area (Å²) >= 11 is 0. The van der Waals surface area contributed by atoms with E-state index >= 15 is 0 Å². The van der Waals surface area contributed by atoms with Crippen LogP contribution in [0.3, 0.4) is 0 Å². The van der Waals surface area contributed by atoms with E-state index < -0.39 is 5.41 Å². The van der Waals surface area contributed by atoms with Crippen molar-refractivity contribution >= 4 is 5.91 Å². The third-order valence-corrected chi connectivity index (χ3v) is 2.82. The van der Waals surface area contributed by atoms with E-state index in [2.05, 4.69) is 19.2 Å². The number of nitriles is 1. The van der Waals surface area contributed by atoms with Gasteiger partial charge in [-0.05, 0) is 19.3 Å². The molecule has 0 unspecified atom stereocenters. The number of hydrogen-bond acceptors (Lipinski definition) is 2. The Morgan fingerprint density at radius 3 is 2.20 bits per heavy atom. The van der Waals surface area contributed by atoms with Crippen LogP contribution in [0.4, 0.5) is 0 Å². The van der Waals surface area contributed by atoms with Gasteiger partial charge in [-0.1, -0.05) is 12.2 Å². The van der Waals surface area contributed by atoms with E-state index in [0.29, 0.717) is 25.9 Å². The van der Waals surface area contributed by atoms with Crippen molar-refractivity contribution in [3.05, 3.63) is 25.3 Å². The second kappa shape index (κ2) is 4.79. The highest BCUT2D eigenvalue weighted by Gasteiger charge is 2.46. The Hall–Kier alpha value is -1.56. The molecule has 3 heteroatoms. The van der Waals surface area contributed by atoms with Gasteiger partial charge in [0.1, 0.15) is 5.41 Å². The van der Waals surface area contributed by atoms with Gasteiger partial charge in [0, 0.05) is 13.1 Å². The van der Waals surface area contributed by atoms with Gasteiger partial charge in [-0.3, -0.25) is 4.79 Å². The maximum Gasteiger partial charge on any atom is 0.243 e. The molecule has 0 bridgehead atoms. The molecule has 1 amide bonds. The molecule has 1 rings (SSSR count). The fourth-order valence-corrected chi connectivity index (χ4v) is 1.76. The zero-order chi connectivity index (χ0) is 11.3. The van der Waals surface area contributed by atoms with Crippen molar-refractivity contribution in [1.29, 1.82) is 5.26 Å². The van der Waals surface area contributed by atoms with Crippen LogP contribution in [0.25, 0.3) is 0 Å². The number of carbonyl (C=O) groups excluding carboxylic acids is 1. The number of amides is 1. The molecule has 80 valence electrons. The molecule has 0 aromatic carbocycles. The summed E-state index contributed by atoms with van der Waals surface area (Å²) in [5, 5.41) is 9.04. The fraction of sp³-hybridized carbons (Fsp3) is 0.500. The van der Waals surface area contributed by atoms with E-state index in [0.717, 1.165) is 6.42 Å². The minimum absolute atomic E-state index is 0.0731. The van der Waals surface area contributed by atoms with Crippen LogP contribution in [-0.2, 0) is 4.79 Å². The third kappa shape index (κ3) is 2.10. The van der Waals surface area contributed by atoms with Crippen molar-refractivity contribution in [2.45, 2.75) is 19.3 Å². The van der Waals surface area contributed by atoms with Gasteiger partial charge >= 0.3 is 0 Å². The molecule has 1 saturated carbocycles. The Kier molecular flexibility index (Phi) is 3.68. The second-order valence-electron chi connectivity index (χ2n) is 3.83. The van der Waals surface area contributed by atoms with Crippen LogP contribution >= 0.6 is 0 Å². The zero-order valence-electron chi connectivity index (χ0n) is 8.91. The molecule has 0 aromatic heterocycles. The van der Waals surface area contributed by atoms with E-state index in [4.69, 9.17) is 5.26 Å². The Bertz CT molecular complexity index is 300. The maximum atomic E-state index is 12.1. The standard InChI is InChI=1S/C12H16N2O/c1-3-8-14(9-4-2)11(15)12(10-13)6-5-7-12/h3-4H,1-2,5-9H2. The summed E-state index contributed by atoms with van der Waals surface area (Å²) in [5.74, 6) is -0.0731. The van der Waals surface area contributed by atoms with Gasteiger partial charge in [-0.25, -0.2) is 0 Å². The van der Waals surface area contributed by atoms with Gasteiger partial charge in [-0.2, -0.15) is 5.26 Å². The molecular weight excluding hydrogens is 188 g/mol. The lowest BCUT2D eigenvalue weighted by Crippen LogP contribution is -2.47. The lowest BCUT2D eigenvalue weighted by molar-refractivity contribution is -0.141. The molecule has 0 N–H and O–H groups in total. The minimum atomic E-state index is -0.758. The van der Waals surface area contributed by atoms with E-state index in [1.165, 1.54) is 0 Å². The molecule has 3 nitrogen and oxygen atoms in total. The quantitative estimate of drug-likeness (QED) is 0.642. The van der Waals surface area contributed by atoms with Crippen molar-refractivity contribution in [1.82, 2.24) is 4.90 Å². The van der Waals surface area contributed by atoms with Crippen LogP contribution in [0.2, 0.25) is 0 Å². The summed E-state index contributed by atoms with van der Waals surface area (Å²) in [6.45, 7) is 8.17. The summed E-state index contributed by atoms with van der Waals surface area (Å²) in [5.41, 5.74) is -0.758. The summed E-state index contributed by atoms with van der Waals surface area (Å²) in [6.07, 6.45) is 5.69. The zero-order valence-corrected chi connectivity index (χ0v) is 8.91. The summed E-state index contributed by atoms with van der Waals surface area (Å²) < 4.78 is 0. The SMILES string of the molecule is C=CCN(CC=C)C(=O)C1(C#N)CCC1. The first-order chi connectivity index (χ1) is 7.20. The third-order valence-electron chi connectivity index (χ3n) is 2.82. The first kappa shape index (κ1) is 11.5. The van der Waals surface area contributed by atoms with Gasteiger partial charge in [0.05, 0.1) is 6.07 Å². The molecule has 0 radical (unpaired) electrons. The lowest BCUT2D eigenvalue weighted by Gasteiger charge is -2.37. The van der Waals surface area contributed by atoms with Crippen LogP contribution in [-0.4, -0.2) is 23.9 Å². The number of carbonyl (C=O) groups is 1. The average molecular weight is 204 g/mol. The Labute approximate surface area is 90.7 Å². The number of rotatable bonds is 5. The average Bonchev–Trinajstić information content (AvgIpc) is 2.16.